The van der Waals surface area contributed by atoms with Crippen LogP contribution >= 0.6 is 11.3 Å². The minimum Gasteiger partial charge on any atom is -0.370 e. The van der Waals surface area contributed by atoms with Crippen molar-refractivity contribution < 1.29 is 0 Å². The maximum atomic E-state index is 5.84. The number of nitrogens with one attached hydrogen (secondary N) is 1. The Labute approximate surface area is 118 Å². The van der Waals surface area contributed by atoms with Crippen LogP contribution in [0, 0.1) is 5.92 Å². The van der Waals surface area contributed by atoms with Gasteiger partial charge in [0.25, 0.3) is 0 Å². The highest BCUT2D eigenvalue weighted by atomic mass is 32.1. The smallest absolute Gasteiger partial charge is 0.188 e. The number of benzene rings is 1. The maximum Gasteiger partial charge on any atom is 0.188 e. The van der Waals surface area contributed by atoms with Crippen LogP contribution in [0.4, 0.5) is 0 Å². The molecule has 0 spiro atoms. The number of hydrogen-bond acceptors (Lipinski definition) is 2. The highest BCUT2D eigenvalue weighted by Crippen LogP contribution is 2.21. The molecule has 2 rings (SSSR count). The van der Waals surface area contributed by atoms with Gasteiger partial charge in [-0.2, -0.15) is 0 Å². The minimum absolute atomic E-state index is 0.533. The number of thiophene rings is 1. The molecule has 2 aromatic rings. The summed E-state index contributed by atoms with van der Waals surface area (Å²) in [6.07, 6.45) is 1.11. The van der Waals surface area contributed by atoms with Crippen LogP contribution in [-0.2, 0) is 6.54 Å². The van der Waals surface area contributed by atoms with Gasteiger partial charge in [-0.1, -0.05) is 19.9 Å². The van der Waals surface area contributed by atoms with Crippen LogP contribution in [0.3, 0.4) is 0 Å². The molecule has 0 aliphatic heterocycles. The number of guanidine groups is 1. The van der Waals surface area contributed by atoms with E-state index < -0.39 is 0 Å². The standard InChI is InChI=1S/C15H21N3S/c1-11(2)5-7-17-15(16)18-10-12-3-4-14-13(9-12)6-8-19-14/h3-4,6,8-9,11H,5,7,10H2,1-2H3,(H3,16,17,18). The average molecular weight is 275 g/mol. The van der Waals surface area contributed by atoms with Crippen LogP contribution in [0.15, 0.2) is 34.6 Å². The number of fused-ring (bicyclic) bond motifs is 1. The third kappa shape index (κ3) is 4.24. The lowest BCUT2D eigenvalue weighted by molar-refractivity contribution is 0.576. The van der Waals surface area contributed by atoms with E-state index in [1.807, 2.05) is 0 Å². The number of nitrogens with zero attached hydrogens (tertiary/aromatic N) is 1. The normalized spacial score (nSPS) is 12.3. The van der Waals surface area contributed by atoms with Gasteiger partial charge in [0.15, 0.2) is 5.96 Å². The van der Waals surface area contributed by atoms with Crippen molar-refractivity contribution in [3.63, 3.8) is 0 Å². The Morgan fingerprint density at radius 1 is 1.37 bits per heavy atom. The van der Waals surface area contributed by atoms with Crippen molar-refractivity contribution >= 4 is 27.4 Å². The van der Waals surface area contributed by atoms with Crippen molar-refractivity contribution in [2.75, 3.05) is 6.54 Å². The third-order valence-electron chi connectivity index (χ3n) is 2.98. The topological polar surface area (TPSA) is 50.4 Å². The Morgan fingerprint density at radius 2 is 2.21 bits per heavy atom. The Hall–Kier alpha value is -1.55. The number of nitrogens with two attached hydrogens (primary N) is 1. The van der Waals surface area contributed by atoms with Crippen molar-refractivity contribution in [2.24, 2.45) is 16.6 Å². The van der Waals surface area contributed by atoms with Crippen molar-refractivity contribution in [3.05, 3.63) is 35.2 Å². The van der Waals surface area contributed by atoms with E-state index in [1.54, 1.807) is 11.3 Å². The van der Waals surface area contributed by atoms with E-state index in [1.165, 1.54) is 15.6 Å². The Bertz CT molecular complexity index is 557. The molecule has 102 valence electrons. The lowest BCUT2D eigenvalue weighted by Gasteiger charge is -2.07. The summed E-state index contributed by atoms with van der Waals surface area (Å²) in [5.41, 5.74) is 7.04. The molecule has 1 aromatic carbocycles. The second-order valence-electron chi connectivity index (χ2n) is 5.10. The predicted octanol–water partition coefficient (Wildman–Crippen LogP) is 3.35. The molecule has 3 N–H and O–H groups in total. The van der Waals surface area contributed by atoms with Crippen LogP contribution < -0.4 is 11.1 Å². The summed E-state index contributed by atoms with van der Waals surface area (Å²) in [5.74, 6) is 1.22. The Balaban J connectivity index is 1.89. The molecule has 0 saturated heterocycles. The van der Waals surface area contributed by atoms with Crippen molar-refractivity contribution in [1.29, 1.82) is 0 Å². The van der Waals surface area contributed by atoms with Gasteiger partial charge in [0.2, 0.25) is 0 Å². The lowest BCUT2D eigenvalue weighted by atomic mass is 10.1. The van der Waals surface area contributed by atoms with E-state index >= 15 is 0 Å². The predicted molar refractivity (Wildman–Crippen MR) is 84.6 cm³/mol. The van der Waals surface area contributed by atoms with Gasteiger partial charge in [0.05, 0.1) is 6.54 Å². The third-order valence-corrected chi connectivity index (χ3v) is 3.87. The van der Waals surface area contributed by atoms with Crippen LogP contribution in [-0.4, -0.2) is 12.5 Å². The van der Waals surface area contributed by atoms with Crippen molar-refractivity contribution in [3.8, 4) is 0 Å². The fourth-order valence-corrected chi connectivity index (χ4v) is 2.61. The second-order valence-corrected chi connectivity index (χ2v) is 6.05. The monoisotopic (exact) mass is 275 g/mol. The zero-order chi connectivity index (χ0) is 13.7. The molecular formula is C15H21N3S. The average Bonchev–Trinajstić information content (AvgIpc) is 2.83. The van der Waals surface area contributed by atoms with E-state index in [9.17, 15) is 0 Å². The largest absolute Gasteiger partial charge is 0.370 e. The first-order valence-corrected chi connectivity index (χ1v) is 7.53. The van der Waals surface area contributed by atoms with Gasteiger partial charge in [0.1, 0.15) is 0 Å². The van der Waals surface area contributed by atoms with Crippen LogP contribution in [0.5, 0.6) is 0 Å². The van der Waals surface area contributed by atoms with E-state index in [-0.39, 0.29) is 0 Å². The molecular weight excluding hydrogens is 254 g/mol. The molecule has 0 radical (unpaired) electrons. The van der Waals surface area contributed by atoms with Gasteiger partial charge in [0, 0.05) is 11.2 Å². The molecule has 1 aromatic heterocycles. The molecule has 0 unspecified atom stereocenters. The van der Waals surface area contributed by atoms with Crippen LogP contribution in [0.1, 0.15) is 25.8 Å². The van der Waals surface area contributed by atoms with Crippen molar-refractivity contribution in [1.82, 2.24) is 5.32 Å². The Kier molecular flexibility index (Phi) is 4.80. The van der Waals surface area contributed by atoms with Gasteiger partial charge in [-0.3, -0.25) is 0 Å². The molecule has 0 bridgehead atoms. The molecule has 0 atom stereocenters. The highest BCUT2D eigenvalue weighted by molar-refractivity contribution is 7.17. The molecule has 0 fully saturated rings. The second kappa shape index (κ2) is 6.57. The van der Waals surface area contributed by atoms with E-state index in [0.717, 1.165) is 13.0 Å². The first kappa shape index (κ1) is 13.9. The van der Waals surface area contributed by atoms with E-state index in [0.29, 0.717) is 18.4 Å². The quantitative estimate of drug-likeness (QED) is 0.649. The summed E-state index contributed by atoms with van der Waals surface area (Å²) in [5, 5.41) is 6.54. The molecule has 19 heavy (non-hydrogen) atoms. The molecule has 3 nitrogen and oxygen atoms in total. The van der Waals surface area contributed by atoms with Crippen LogP contribution in [0.25, 0.3) is 10.1 Å². The van der Waals surface area contributed by atoms with Gasteiger partial charge in [-0.05, 0) is 46.9 Å². The SMILES string of the molecule is CC(C)CCNC(N)=NCc1ccc2sccc2c1. The summed E-state index contributed by atoms with van der Waals surface area (Å²) < 4.78 is 1.32. The van der Waals surface area contributed by atoms with Crippen LogP contribution in [0.2, 0.25) is 0 Å². The first-order chi connectivity index (χ1) is 9.15. The zero-order valence-electron chi connectivity index (χ0n) is 11.5. The summed E-state index contributed by atoms with van der Waals surface area (Å²) in [7, 11) is 0. The zero-order valence-corrected chi connectivity index (χ0v) is 12.3. The molecule has 4 heteroatoms. The van der Waals surface area contributed by atoms with Gasteiger partial charge >= 0.3 is 0 Å². The fraction of sp³-hybridized carbons (Fsp3) is 0.400. The number of hydrogen-bond donors (Lipinski definition) is 2. The van der Waals surface area contributed by atoms with Gasteiger partial charge < -0.3 is 11.1 Å². The molecule has 0 amide bonds. The summed E-state index contributed by atoms with van der Waals surface area (Å²) >= 11 is 1.76. The van der Waals surface area contributed by atoms with E-state index in [4.69, 9.17) is 5.73 Å². The molecule has 0 saturated carbocycles. The molecule has 1 heterocycles. The van der Waals surface area contributed by atoms with Crippen molar-refractivity contribution in [2.45, 2.75) is 26.8 Å². The minimum atomic E-state index is 0.533. The summed E-state index contributed by atoms with van der Waals surface area (Å²) in [6, 6.07) is 8.57. The highest BCUT2D eigenvalue weighted by Gasteiger charge is 1.98. The molecule has 0 aliphatic rings. The van der Waals surface area contributed by atoms with Gasteiger partial charge in [-0.25, -0.2) is 4.99 Å². The first-order valence-electron chi connectivity index (χ1n) is 6.65. The lowest BCUT2D eigenvalue weighted by Crippen LogP contribution is -2.32. The van der Waals surface area contributed by atoms with E-state index in [2.05, 4.69) is 53.8 Å². The summed E-state index contributed by atoms with van der Waals surface area (Å²) in [4.78, 5) is 4.37. The Morgan fingerprint density at radius 3 is 3.00 bits per heavy atom. The fourth-order valence-electron chi connectivity index (χ4n) is 1.84. The van der Waals surface area contributed by atoms with Gasteiger partial charge in [-0.15, -0.1) is 11.3 Å². The maximum absolute atomic E-state index is 5.84. The summed E-state index contributed by atoms with van der Waals surface area (Å²) in [6.45, 7) is 5.92. The number of aliphatic imine (C=N–C) groups is 1. The number of rotatable bonds is 5. The molecule has 0 aliphatic carbocycles.